The van der Waals surface area contributed by atoms with Crippen molar-refractivity contribution >= 4 is 11.7 Å². The van der Waals surface area contributed by atoms with Crippen molar-refractivity contribution in [1.82, 2.24) is 25.0 Å². The van der Waals surface area contributed by atoms with Crippen LogP contribution < -0.4 is 10.1 Å². The van der Waals surface area contributed by atoms with Gasteiger partial charge in [-0.25, -0.2) is 9.37 Å². The summed E-state index contributed by atoms with van der Waals surface area (Å²) in [6.07, 6.45) is 3.45. The highest BCUT2D eigenvalue weighted by Crippen LogP contribution is 2.40. The Bertz CT molecular complexity index is 1380. The molecule has 2 aromatic carbocycles. The van der Waals surface area contributed by atoms with E-state index in [1.807, 2.05) is 31.2 Å². The molecular formula is C25H21FN6O2. The molecule has 5 rings (SSSR count). The molecule has 0 saturated carbocycles. The van der Waals surface area contributed by atoms with E-state index in [-0.39, 0.29) is 30.0 Å². The summed E-state index contributed by atoms with van der Waals surface area (Å²) in [5.74, 6) is 0.728. The molecule has 1 atom stereocenters. The van der Waals surface area contributed by atoms with E-state index in [9.17, 15) is 9.18 Å². The number of aromatic nitrogens is 5. The topological polar surface area (TPSA) is 94.8 Å². The lowest BCUT2D eigenvalue weighted by atomic mass is 9.86. The number of anilines is 1. The third kappa shape index (κ3) is 4.03. The van der Waals surface area contributed by atoms with Crippen LogP contribution in [0.5, 0.6) is 5.75 Å². The molecule has 9 heteroatoms. The third-order valence-corrected chi connectivity index (χ3v) is 5.61. The summed E-state index contributed by atoms with van der Waals surface area (Å²) in [6.45, 7) is 5.96. The number of carbonyl (C=O) groups is 1. The van der Waals surface area contributed by atoms with E-state index in [0.29, 0.717) is 29.4 Å². The van der Waals surface area contributed by atoms with Crippen LogP contribution in [0.25, 0.3) is 17.2 Å². The van der Waals surface area contributed by atoms with Gasteiger partial charge in [-0.2, -0.15) is 14.9 Å². The first-order valence-electron chi connectivity index (χ1n) is 10.7. The lowest BCUT2D eigenvalue weighted by molar-refractivity contribution is -0.116. The summed E-state index contributed by atoms with van der Waals surface area (Å²) in [4.78, 5) is 17.2. The SMILES string of the molecule is C=CCOc1cccc([C@H]2CC(=O)Nc3c2c(C)nn3-c2nncc(-c3ccc(F)cc3)n2)c1. The second kappa shape index (κ2) is 8.86. The van der Waals surface area contributed by atoms with Gasteiger partial charge in [-0.3, -0.25) is 4.79 Å². The van der Waals surface area contributed by atoms with E-state index in [1.54, 1.807) is 18.2 Å². The first-order valence-corrected chi connectivity index (χ1v) is 10.7. The van der Waals surface area contributed by atoms with Gasteiger partial charge >= 0.3 is 0 Å². The van der Waals surface area contributed by atoms with Crippen LogP contribution in [0, 0.1) is 12.7 Å². The van der Waals surface area contributed by atoms with Crippen LogP contribution in [-0.2, 0) is 4.79 Å². The maximum Gasteiger partial charge on any atom is 0.272 e. The molecule has 8 nitrogen and oxygen atoms in total. The molecule has 0 bridgehead atoms. The van der Waals surface area contributed by atoms with Crippen LogP contribution in [0.1, 0.15) is 29.2 Å². The normalized spacial score (nSPS) is 14.9. The molecule has 0 saturated heterocycles. The second-order valence-electron chi connectivity index (χ2n) is 7.89. The molecule has 0 spiro atoms. The highest BCUT2D eigenvalue weighted by Gasteiger charge is 2.33. The number of fused-ring (bicyclic) bond motifs is 1. The zero-order chi connectivity index (χ0) is 23.7. The number of hydrogen-bond acceptors (Lipinski definition) is 6. The lowest BCUT2D eigenvalue weighted by Crippen LogP contribution is -2.25. The highest BCUT2D eigenvalue weighted by atomic mass is 19.1. The Morgan fingerprint density at radius 1 is 1.26 bits per heavy atom. The Labute approximate surface area is 195 Å². The Morgan fingerprint density at radius 2 is 2.09 bits per heavy atom. The number of nitrogens with zero attached hydrogens (tertiary/aromatic N) is 5. The number of aryl methyl sites for hydroxylation is 1. The summed E-state index contributed by atoms with van der Waals surface area (Å²) in [7, 11) is 0. The number of nitrogens with one attached hydrogen (secondary N) is 1. The van der Waals surface area contributed by atoms with E-state index < -0.39 is 0 Å². The van der Waals surface area contributed by atoms with Crippen molar-refractivity contribution in [2.24, 2.45) is 0 Å². The van der Waals surface area contributed by atoms with Crippen molar-refractivity contribution in [1.29, 1.82) is 0 Å². The van der Waals surface area contributed by atoms with Crippen LogP contribution in [0.2, 0.25) is 0 Å². The van der Waals surface area contributed by atoms with Crippen molar-refractivity contribution in [3.05, 3.63) is 90.0 Å². The standard InChI is InChI=1S/C25H21FN6O2/c1-3-11-34-19-6-4-5-17(12-19)20-13-22(33)29-24-23(20)15(2)31-32(24)25-28-21(14-27-30-25)16-7-9-18(26)10-8-16/h3-10,12,14,20H,1,11,13H2,2H3,(H,29,33)/t20-/m1/s1. The van der Waals surface area contributed by atoms with E-state index in [1.165, 1.54) is 23.0 Å². The summed E-state index contributed by atoms with van der Waals surface area (Å²) in [5, 5.41) is 15.7. The van der Waals surface area contributed by atoms with Crippen molar-refractivity contribution < 1.29 is 13.9 Å². The maximum atomic E-state index is 13.3. The van der Waals surface area contributed by atoms with Crippen LogP contribution in [0.15, 0.2) is 67.4 Å². The summed E-state index contributed by atoms with van der Waals surface area (Å²) in [5.41, 5.74) is 3.77. The minimum Gasteiger partial charge on any atom is -0.490 e. The lowest BCUT2D eigenvalue weighted by Gasteiger charge is -2.24. The molecule has 0 fully saturated rings. The Kier molecular flexibility index (Phi) is 5.59. The van der Waals surface area contributed by atoms with Gasteiger partial charge in [0.15, 0.2) is 0 Å². The van der Waals surface area contributed by atoms with Crippen molar-refractivity contribution in [3.63, 3.8) is 0 Å². The second-order valence-corrected chi connectivity index (χ2v) is 7.89. The predicted molar refractivity (Wildman–Crippen MR) is 124 cm³/mol. The summed E-state index contributed by atoms with van der Waals surface area (Å²) in [6, 6.07) is 13.6. The molecule has 3 heterocycles. The third-order valence-electron chi connectivity index (χ3n) is 5.61. The summed E-state index contributed by atoms with van der Waals surface area (Å²) >= 11 is 0. The summed E-state index contributed by atoms with van der Waals surface area (Å²) < 4.78 is 20.5. The van der Waals surface area contributed by atoms with Crippen LogP contribution >= 0.6 is 0 Å². The predicted octanol–water partition coefficient (Wildman–Crippen LogP) is 4.21. The van der Waals surface area contributed by atoms with Crippen LogP contribution in [-0.4, -0.2) is 37.5 Å². The highest BCUT2D eigenvalue weighted by molar-refractivity contribution is 5.95. The number of carbonyl (C=O) groups excluding carboxylic acids is 1. The first kappa shape index (κ1) is 21.4. The molecular weight excluding hydrogens is 435 g/mol. The molecule has 4 aromatic rings. The average molecular weight is 456 g/mol. The largest absolute Gasteiger partial charge is 0.490 e. The maximum absolute atomic E-state index is 13.3. The molecule has 0 radical (unpaired) electrons. The van der Waals surface area contributed by atoms with Gasteiger partial charge in [0.2, 0.25) is 5.91 Å². The Balaban J connectivity index is 1.56. The van der Waals surface area contributed by atoms with Gasteiger partial charge < -0.3 is 10.1 Å². The van der Waals surface area contributed by atoms with Crippen LogP contribution in [0.3, 0.4) is 0 Å². The average Bonchev–Trinajstić information content (AvgIpc) is 3.19. The smallest absolute Gasteiger partial charge is 0.272 e. The molecule has 1 amide bonds. The fourth-order valence-electron chi connectivity index (χ4n) is 4.10. The Morgan fingerprint density at radius 3 is 2.88 bits per heavy atom. The van der Waals surface area contributed by atoms with Gasteiger partial charge in [-0.1, -0.05) is 24.8 Å². The number of ether oxygens (including phenoxy) is 1. The van der Waals surface area contributed by atoms with Crippen molar-refractivity contribution in [3.8, 4) is 23.0 Å². The zero-order valence-electron chi connectivity index (χ0n) is 18.4. The van der Waals surface area contributed by atoms with E-state index in [0.717, 1.165) is 16.8 Å². The number of benzene rings is 2. The fourth-order valence-corrected chi connectivity index (χ4v) is 4.10. The first-order chi connectivity index (χ1) is 16.5. The molecule has 1 N–H and O–H groups in total. The van der Waals surface area contributed by atoms with Gasteiger partial charge in [0.25, 0.3) is 5.95 Å². The number of rotatable bonds is 6. The molecule has 1 aliphatic rings. The molecule has 0 aliphatic carbocycles. The molecule has 1 aliphatic heterocycles. The minimum atomic E-state index is -0.338. The van der Waals surface area contributed by atoms with Gasteiger partial charge in [0, 0.05) is 23.5 Å². The van der Waals surface area contributed by atoms with Gasteiger partial charge in [-0.15, -0.1) is 5.10 Å². The van der Waals surface area contributed by atoms with Gasteiger partial charge in [0.1, 0.15) is 24.0 Å². The zero-order valence-corrected chi connectivity index (χ0v) is 18.4. The molecule has 0 unspecified atom stereocenters. The van der Waals surface area contributed by atoms with Crippen molar-refractivity contribution in [2.45, 2.75) is 19.3 Å². The van der Waals surface area contributed by atoms with Crippen molar-refractivity contribution in [2.75, 3.05) is 11.9 Å². The minimum absolute atomic E-state index is 0.140. The Hall–Kier alpha value is -4.40. The monoisotopic (exact) mass is 456 g/mol. The van der Waals surface area contributed by atoms with E-state index >= 15 is 0 Å². The van der Waals surface area contributed by atoms with E-state index in [4.69, 9.17) is 4.74 Å². The van der Waals surface area contributed by atoms with Crippen LogP contribution in [0.4, 0.5) is 10.2 Å². The number of amides is 1. The molecule has 2 aromatic heterocycles. The fraction of sp³-hybridized carbons (Fsp3) is 0.160. The quantitative estimate of drug-likeness (QED) is 0.437. The molecule has 34 heavy (non-hydrogen) atoms. The number of hydrogen-bond donors (Lipinski definition) is 1. The molecule has 170 valence electrons. The van der Waals surface area contributed by atoms with Gasteiger partial charge in [-0.05, 0) is 48.9 Å². The van der Waals surface area contributed by atoms with Gasteiger partial charge in [0.05, 0.1) is 17.6 Å². The van der Waals surface area contributed by atoms with E-state index in [2.05, 4.69) is 32.2 Å². The number of halogens is 1.